The first-order valence-corrected chi connectivity index (χ1v) is 6.54. The van der Waals surface area contributed by atoms with Gasteiger partial charge in [-0.1, -0.05) is 24.3 Å². The Morgan fingerprint density at radius 2 is 1.85 bits per heavy atom. The lowest BCUT2D eigenvalue weighted by atomic mass is 10.1. The summed E-state index contributed by atoms with van der Waals surface area (Å²) < 4.78 is 0. The molecule has 0 saturated carbocycles. The number of aryl methyl sites for hydroxylation is 1. The van der Waals surface area contributed by atoms with E-state index < -0.39 is 0 Å². The van der Waals surface area contributed by atoms with Gasteiger partial charge in [0.15, 0.2) is 0 Å². The number of nitrogens with two attached hydrogens (primary N) is 1. The molecule has 104 valence electrons. The number of amides is 1. The van der Waals surface area contributed by atoms with Crippen LogP contribution in [-0.4, -0.2) is 22.4 Å². The van der Waals surface area contributed by atoms with Crippen molar-refractivity contribution in [2.45, 2.75) is 19.9 Å². The summed E-state index contributed by atoms with van der Waals surface area (Å²) >= 11 is 0. The van der Waals surface area contributed by atoms with Gasteiger partial charge in [0.25, 0.3) is 5.91 Å². The summed E-state index contributed by atoms with van der Waals surface area (Å²) in [6.45, 7) is 2.94. The van der Waals surface area contributed by atoms with E-state index in [1.807, 2.05) is 31.2 Å². The van der Waals surface area contributed by atoms with Crippen molar-refractivity contribution in [1.29, 1.82) is 0 Å². The van der Waals surface area contributed by atoms with Crippen LogP contribution in [0, 0.1) is 6.92 Å². The standard InChI is InChI=1S/C15H18N4O/c1-11-8-18-14(10-17-11)15(20)19-9-13-4-2-12(3-5-13)6-7-16/h2-5,8,10H,6-7,9,16H2,1H3,(H,19,20). The molecule has 0 aliphatic carbocycles. The number of nitrogens with zero attached hydrogens (tertiary/aromatic N) is 2. The largest absolute Gasteiger partial charge is 0.347 e. The first-order chi connectivity index (χ1) is 9.69. The van der Waals surface area contributed by atoms with E-state index >= 15 is 0 Å². The number of rotatable bonds is 5. The Kier molecular flexibility index (Phi) is 4.79. The molecule has 2 aromatic rings. The van der Waals surface area contributed by atoms with Crippen LogP contribution < -0.4 is 11.1 Å². The maximum absolute atomic E-state index is 11.9. The molecule has 1 amide bonds. The third-order valence-corrected chi connectivity index (χ3v) is 2.92. The molecule has 1 heterocycles. The molecule has 2 rings (SSSR count). The summed E-state index contributed by atoms with van der Waals surface area (Å²) in [6, 6.07) is 8.04. The fourth-order valence-corrected chi connectivity index (χ4v) is 1.77. The summed E-state index contributed by atoms with van der Waals surface area (Å²) in [7, 11) is 0. The van der Waals surface area contributed by atoms with E-state index in [4.69, 9.17) is 5.73 Å². The van der Waals surface area contributed by atoms with Gasteiger partial charge >= 0.3 is 0 Å². The van der Waals surface area contributed by atoms with Crippen molar-refractivity contribution >= 4 is 5.91 Å². The molecule has 0 bridgehead atoms. The zero-order valence-corrected chi connectivity index (χ0v) is 11.5. The summed E-state index contributed by atoms with van der Waals surface area (Å²) in [5, 5.41) is 2.82. The van der Waals surface area contributed by atoms with E-state index in [9.17, 15) is 4.79 Å². The Bertz CT molecular complexity index is 563. The van der Waals surface area contributed by atoms with Crippen molar-refractivity contribution in [2.75, 3.05) is 6.54 Å². The molecule has 3 N–H and O–H groups in total. The molecule has 1 aromatic heterocycles. The van der Waals surface area contributed by atoms with Crippen molar-refractivity contribution in [1.82, 2.24) is 15.3 Å². The van der Waals surface area contributed by atoms with Gasteiger partial charge in [-0.25, -0.2) is 4.98 Å². The second-order valence-electron chi connectivity index (χ2n) is 4.58. The first kappa shape index (κ1) is 14.1. The molecule has 0 unspecified atom stereocenters. The van der Waals surface area contributed by atoms with Gasteiger partial charge in [0.2, 0.25) is 0 Å². The van der Waals surface area contributed by atoms with Gasteiger partial charge in [0.05, 0.1) is 11.9 Å². The molecule has 5 heteroatoms. The predicted octanol–water partition coefficient (Wildman–Crippen LogP) is 1.22. The SMILES string of the molecule is Cc1cnc(C(=O)NCc2ccc(CCN)cc2)cn1. The van der Waals surface area contributed by atoms with Gasteiger partial charge in [-0.15, -0.1) is 0 Å². The van der Waals surface area contributed by atoms with Crippen LogP contribution in [0.25, 0.3) is 0 Å². The van der Waals surface area contributed by atoms with E-state index in [2.05, 4.69) is 15.3 Å². The minimum absolute atomic E-state index is 0.219. The van der Waals surface area contributed by atoms with Crippen LogP contribution in [0.2, 0.25) is 0 Å². The minimum atomic E-state index is -0.219. The molecule has 1 aromatic carbocycles. The molecule has 0 radical (unpaired) electrons. The molecule has 0 fully saturated rings. The third-order valence-electron chi connectivity index (χ3n) is 2.92. The Labute approximate surface area is 118 Å². The maximum atomic E-state index is 11.9. The normalized spacial score (nSPS) is 10.3. The lowest BCUT2D eigenvalue weighted by Crippen LogP contribution is -2.24. The first-order valence-electron chi connectivity index (χ1n) is 6.54. The lowest BCUT2D eigenvalue weighted by Gasteiger charge is -2.06. The van der Waals surface area contributed by atoms with E-state index in [1.165, 1.54) is 11.8 Å². The minimum Gasteiger partial charge on any atom is -0.347 e. The fraction of sp³-hybridized carbons (Fsp3) is 0.267. The molecule has 0 saturated heterocycles. The molecule has 5 nitrogen and oxygen atoms in total. The Morgan fingerprint density at radius 1 is 1.15 bits per heavy atom. The highest BCUT2D eigenvalue weighted by molar-refractivity contribution is 5.91. The fourth-order valence-electron chi connectivity index (χ4n) is 1.77. The number of hydrogen-bond donors (Lipinski definition) is 2. The summed E-state index contributed by atoms with van der Waals surface area (Å²) in [6.07, 6.45) is 3.93. The molecule has 0 aliphatic heterocycles. The van der Waals surface area contributed by atoms with Crippen molar-refractivity contribution in [3.63, 3.8) is 0 Å². The van der Waals surface area contributed by atoms with Crippen LogP contribution in [0.4, 0.5) is 0 Å². The monoisotopic (exact) mass is 270 g/mol. The topological polar surface area (TPSA) is 80.9 Å². The lowest BCUT2D eigenvalue weighted by molar-refractivity contribution is 0.0945. The van der Waals surface area contributed by atoms with E-state index in [0.717, 1.165) is 17.7 Å². The Balaban J connectivity index is 1.91. The van der Waals surface area contributed by atoms with Crippen molar-refractivity contribution in [3.8, 4) is 0 Å². The van der Waals surface area contributed by atoms with Crippen LogP contribution in [0.5, 0.6) is 0 Å². The third kappa shape index (κ3) is 3.86. The second-order valence-corrected chi connectivity index (χ2v) is 4.58. The number of carbonyl (C=O) groups excluding carboxylic acids is 1. The van der Waals surface area contributed by atoms with Gasteiger partial charge in [0.1, 0.15) is 5.69 Å². The maximum Gasteiger partial charge on any atom is 0.271 e. The average molecular weight is 270 g/mol. The van der Waals surface area contributed by atoms with E-state index in [0.29, 0.717) is 18.8 Å². The molecule has 0 aliphatic rings. The van der Waals surface area contributed by atoms with Crippen LogP contribution in [0.3, 0.4) is 0 Å². The number of nitrogens with one attached hydrogen (secondary N) is 1. The molecule has 0 atom stereocenters. The second kappa shape index (κ2) is 6.77. The van der Waals surface area contributed by atoms with E-state index in [1.54, 1.807) is 6.20 Å². The molecule has 20 heavy (non-hydrogen) atoms. The molecular formula is C15H18N4O. The quantitative estimate of drug-likeness (QED) is 0.856. The zero-order valence-electron chi connectivity index (χ0n) is 11.5. The van der Waals surface area contributed by atoms with Crippen LogP contribution in [0.15, 0.2) is 36.7 Å². The molecular weight excluding hydrogens is 252 g/mol. The van der Waals surface area contributed by atoms with Crippen LogP contribution in [0.1, 0.15) is 27.3 Å². The van der Waals surface area contributed by atoms with Crippen molar-refractivity contribution < 1.29 is 4.79 Å². The van der Waals surface area contributed by atoms with Gasteiger partial charge < -0.3 is 11.1 Å². The zero-order chi connectivity index (χ0) is 14.4. The Morgan fingerprint density at radius 3 is 2.45 bits per heavy atom. The van der Waals surface area contributed by atoms with Gasteiger partial charge in [-0.2, -0.15) is 0 Å². The number of carbonyl (C=O) groups is 1. The van der Waals surface area contributed by atoms with Crippen LogP contribution >= 0.6 is 0 Å². The predicted molar refractivity (Wildman–Crippen MR) is 77.1 cm³/mol. The van der Waals surface area contributed by atoms with Crippen molar-refractivity contribution in [3.05, 3.63) is 59.2 Å². The van der Waals surface area contributed by atoms with Gasteiger partial charge in [-0.3, -0.25) is 9.78 Å². The highest BCUT2D eigenvalue weighted by atomic mass is 16.1. The molecule has 0 spiro atoms. The number of hydrogen-bond acceptors (Lipinski definition) is 4. The average Bonchev–Trinajstić information content (AvgIpc) is 2.47. The summed E-state index contributed by atoms with van der Waals surface area (Å²) in [4.78, 5) is 20.0. The van der Waals surface area contributed by atoms with Gasteiger partial charge in [-0.05, 0) is 31.0 Å². The highest BCUT2D eigenvalue weighted by Crippen LogP contribution is 2.05. The highest BCUT2D eigenvalue weighted by Gasteiger charge is 2.06. The van der Waals surface area contributed by atoms with Crippen molar-refractivity contribution in [2.24, 2.45) is 5.73 Å². The number of aromatic nitrogens is 2. The van der Waals surface area contributed by atoms with E-state index in [-0.39, 0.29) is 5.91 Å². The number of benzene rings is 1. The smallest absolute Gasteiger partial charge is 0.271 e. The summed E-state index contributed by atoms with van der Waals surface area (Å²) in [5.74, 6) is -0.219. The Hall–Kier alpha value is -2.27. The van der Waals surface area contributed by atoms with Crippen LogP contribution in [-0.2, 0) is 13.0 Å². The van der Waals surface area contributed by atoms with Gasteiger partial charge in [0, 0.05) is 12.7 Å². The summed E-state index contributed by atoms with van der Waals surface area (Å²) in [5.41, 5.74) is 8.86.